The van der Waals surface area contributed by atoms with Gasteiger partial charge in [0.05, 0.1) is 5.56 Å². The zero-order valence-electron chi connectivity index (χ0n) is 9.75. The molecule has 1 amide bonds. The van der Waals surface area contributed by atoms with Crippen LogP contribution in [0.1, 0.15) is 24.2 Å². The van der Waals surface area contributed by atoms with E-state index in [9.17, 15) is 9.59 Å². The van der Waals surface area contributed by atoms with Crippen LogP contribution in [0.4, 0.5) is 0 Å². The predicted octanol–water partition coefficient (Wildman–Crippen LogP) is 2.17. The molecular weight excluding hydrogens is 286 g/mol. The Balaban J connectivity index is 2.78. The summed E-state index contributed by atoms with van der Waals surface area (Å²) in [5, 5.41) is 2.62. The molecule has 1 aromatic carbocycles. The fraction of sp³-hybridized carbons (Fsp3) is 0.333. The maximum absolute atomic E-state index is 11.4. The molecule has 1 rings (SSSR count). The molecule has 0 atom stereocenters. The van der Waals surface area contributed by atoms with Gasteiger partial charge in [-0.2, -0.15) is 0 Å². The van der Waals surface area contributed by atoms with Crippen LogP contribution >= 0.6 is 15.9 Å². The molecule has 0 heterocycles. The van der Waals surface area contributed by atoms with Crippen molar-refractivity contribution >= 4 is 27.6 Å². The number of halogens is 1. The molecule has 0 aliphatic heterocycles. The number of carbonyl (C=O) groups is 2. The van der Waals surface area contributed by atoms with Crippen LogP contribution in [0.5, 0.6) is 5.75 Å². The van der Waals surface area contributed by atoms with Gasteiger partial charge in [0, 0.05) is 11.0 Å². The minimum atomic E-state index is -0.207. The molecular formula is C12H14BrNO3. The molecule has 0 aliphatic rings. The number of likely N-dealkylation sites (N-methyl/N-ethyl adjacent to an activating group) is 1. The van der Waals surface area contributed by atoms with Crippen molar-refractivity contribution in [2.45, 2.75) is 13.8 Å². The van der Waals surface area contributed by atoms with Crippen LogP contribution in [-0.4, -0.2) is 24.8 Å². The number of rotatable bonds is 5. The molecule has 4 nitrogen and oxygen atoms in total. The van der Waals surface area contributed by atoms with Crippen LogP contribution in [0.3, 0.4) is 0 Å². The molecule has 0 aliphatic carbocycles. The van der Waals surface area contributed by atoms with E-state index < -0.39 is 0 Å². The number of benzene rings is 1. The predicted molar refractivity (Wildman–Crippen MR) is 68.3 cm³/mol. The molecule has 0 fully saturated rings. The number of hydrogen-bond acceptors (Lipinski definition) is 3. The van der Waals surface area contributed by atoms with Gasteiger partial charge in [-0.1, -0.05) is 15.9 Å². The monoisotopic (exact) mass is 299 g/mol. The average molecular weight is 300 g/mol. The Morgan fingerprint density at radius 2 is 2.12 bits per heavy atom. The van der Waals surface area contributed by atoms with Crippen molar-refractivity contribution in [3.63, 3.8) is 0 Å². The van der Waals surface area contributed by atoms with Gasteiger partial charge in [0.25, 0.3) is 5.91 Å². The largest absolute Gasteiger partial charge is 0.483 e. The number of Topliss-reactive ketones (excluding diaryl/α,β-unsaturated/α-hetero) is 1. The standard InChI is InChI=1S/C12H14BrNO3/c1-3-14-12(16)7-17-11-6-9(13)4-5-10(11)8(2)15/h4-6H,3,7H2,1-2H3,(H,14,16). The van der Waals surface area contributed by atoms with Crippen LogP contribution in [0, 0.1) is 0 Å². The van der Waals surface area contributed by atoms with Crippen LogP contribution in [0.15, 0.2) is 22.7 Å². The first-order chi connectivity index (χ1) is 8.04. The van der Waals surface area contributed by atoms with Crippen molar-refractivity contribution in [1.29, 1.82) is 0 Å². The maximum atomic E-state index is 11.4. The molecule has 0 unspecified atom stereocenters. The zero-order valence-corrected chi connectivity index (χ0v) is 11.3. The summed E-state index contributed by atoms with van der Waals surface area (Å²) in [6.45, 7) is 3.75. The highest BCUT2D eigenvalue weighted by atomic mass is 79.9. The Labute approximate surface area is 108 Å². The Kier molecular flexibility index (Phi) is 5.15. The molecule has 0 saturated carbocycles. The van der Waals surface area contributed by atoms with Crippen LogP contribution in [0.2, 0.25) is 0 Å². The summed E-state index contributed by atoms with van der Waals surface area (Å²) in [6.07, 6.45) is 0. The third-order valence-corrected chi connectivity index (χ3v) is 2.55. The highest BCUT2D eigenvalue weighted by Crippen LogP contribution is 2.24. The molecule has 5 heteroatoms. The van der Waals surface area contributed by atoms with E-state index in [-0.39, 0.29) is 18.3 Å². The van der Waals surface area contributed by atoms with Gasteiger partial charge < -0.3 is 10.1 Å². The van der Waals surface area contributed by atoms with E-state index in [0.29, 0.717) is 17.9 Å². The number of hydrogen-bond donors (Lipinski definition) is 1. The van der Waals surface area contributed by atoms with E-state index in [2.05, 4.69) is 21.2 Å². The number of nitrogens with one attached hydrogen (secondary N) is 1. The summed E-state index contributed by atoms with van der Waals surface area (Å²) in [5.74, 6) is 0.114. The lowest BCUT2D eigenvalue weighted by atomic mass is 10.1. The topological polar surface area (TPSA) is 55.4 Å². The lowest BCUT2D eigenvalue weighted by Gasteiger charge is -2.10. The third-order valence-electron chi connectivity index (χ3n) is 2.06. The van der Waals surface area contributed by atoms with Crippen LogP contribution < -0.4 is 10.1 Å². The number of ether oxygens (including phenoxy) is 1. The first-order valence-corrected chi connectivity index (χ1v) is 6.04. The van der Waals surface area contributed by atoms with Gasteiger partial charge in [0.1, 0.15) is 5.75 Å². The van der Waals surface area contributed by atoms with Crippen molar-refractivity contribution in [3.8, 4) is 5.75 Å². The maximum Gasteiger partial charge on any atom is 0.257 e. The van der Waals surface area contributed by atoms with Gasteiger partial charge in [0.2, 0.25) is 0 Å². The van der Waals surface area contributed by atoms with Crippen LogP contribution in [-0.2, 0) is 4.79 Å². The number of ketones is 1. The molecule has 1 aromatic rings. The lowest BCUT2D eigenvalue weighted by molar-refractivity contribution is -0.122. The quantitative estimate of drug-likeness (QED) is 0.848. The van der Waals surface area contributed by atoms with E-state index in [0.717, 1.165) is 4.47 Å². The Bertz CT molecular complexity index is 432. The molecule has 0 spiro atoms. The molecule has 0 radical (unpaired) electrons. The summed E-state index contributed by atoms with van der Waals surface area (Å²) in [5.41, 5.74) is 0.470. The van der Waals surface area contributed by atoms with Crippen molar-refractivity contribution in [2.24, 2.45) is 0 Å². The van der Waals surface area contributed by atoms with Crippen molar-refractivity contribution in [3.05, 3.63) is 28.2 Å². The molecule has 92 valence electrons. The van der Waals surface area contributed by atoms with Crippen LogP contribution in [0.25, 0.3) is 0 Å². The Morgan fingerprint density at radius 1 is 1.41 bits per heavy atom. The Morgan fingerprint density at radius 3 is 2.71 bits per heavy atom. The van der Waals surface area contributed by atoms with Crippen molar-refractivity contribution < 1.29 is 14.3 Å². The normalized spacial score (nSPS) is 9.82. The van der Waals surface area contributed by atoms with Crippen molar-refractivity contribution in [1.82, 2.24) is 5.32 Å². The first kappa shape index (κ1) is 13.7. The SMILES string of the molecule is CCNC(=O)COc1cc(Br)ccc1C(C)=O. The summed E-state index contributed by atoms with van der Waals surface area (Å²) < 4.78 is 6.13. The van der Waals surface area contributed by atoms with Gasteiger partial charge in [-0.05, 0) is 32.0 Å². The van der Waals surface area contributed by atoms with E-state index >= 15 is 0 Å². The van der Waals surface area contributed by atoms with Gasteiger partial charge in [0.15, 0.2) is 12.4 Å². The number of carbonyl (C=O) groups excluding carboxylic acids is 2. The Hall–Kier alpha value is -1.36. The third kappa shape index (κ3) is 4.19. The summed E-state index contributed by atoms with van der Waals surface area (Å²) in [4.78, 5) is 22.6. The van der Waals surface area contributed by atoms with E-state index in [1.54, 1.807) is 18.2 Å². The first-order valence-electron chi connectivity index (χ1n) is 5.24. The lowest BCUT2D eigenvalue weighted by Crippen LogP contribution is -2.28. The second kappa shape index (κ2) is 6.39. The average Bonchev–Trinajstić information content (AvgIpc) is 2.26. The fourth-order valence-electron chi connectivity index (χ4n) is 1.30. The van der Waals surface area contributed by atoms with Gasteiger partial charge in [-0.25, -0.2) is 0 Å². The highest BCUT2D eigenvalue weighted by molar-refractivity contribution is 9.10. The second-order valence-corrected chi connectivity index (χ2v) is 4.35. The van der Waals surface area contributed by atoms with Gasteiger partial charge in [-0.15, -0.1) is 0 Å². The van der Waals surface area contributed by atoms with E-state index in [4.69, 9.17) is 4.74 Å². The summed E-state index contributed by atoms with van der Waals surface area (Å²) in [6, 6.07) is 5.10. The fourth-order valence-corrected chi connectivity index (χ4v) is 1.64. The molecule has 17 heavy (non-hydrogen) atoms. The molecule has 0 saturated heterocycles. The second-order valence-electron chi connectivity index (χ2n) is 3.44. The highest BCUT2D eigenvalue weighted by Gasteiger charge is 2.10. The molecule has 1 N–H and O–H groups in total. The van der Waals surface area contributed by atoms with Gasteiger partial charge in [-0.3, -0.25) is 9.59 Å². The van der Waals surface area contributed by atoms with E-state index in [1.807, 2.05) is 6.92 Å². The smallest absolute Gasteiger partial charge is 0.257 e. The summed E-state index contributed by atoms with van der Waals surface area (Å²) >= 11 is 3.29. The van der Waals surface area contributed by atoms with Crippen molar-refractivity contribution in [2.75, 3.05) is 13.2 Å². The van der Waals surface area contributed by atoms with Gasteiger partial charge >= 0.3 is 0 Å². The molecule has 0 aromatic heterocycles. The minimum absolute atomic E-state index is 0.0927. The summed E-state index contributed by atoms with van der Waals surface area (Å²) in [7, 11) is 0. The van der Waals surface area contributed by atoms with E-state index in [1.165, 1.54) is 6.92 Å². The zero-order chi connectivity index (χ0) is 12.8. The molecule has 0 bridgehead atoms. The minimum Gasteiger partial charge on any atom is -0.483 e. The number of amides is 1.